The van der Waals surface area contributed by atoms with Gasteiger partial charge in [0.05, 0.1) is 6.54 Å². The van der Waals surface area contributed by atoms with Gasteiger partial charge < -0.3 is 11.1 Å². The van der Waals surface area contributed by atoms with Crippen LogP contribution in [0.5, 0.6) is 0 Å². The fourth-order valence-electron chi connectivity index (χ4n) is 2.35. The molecular formula is C14H21N3O. The number of amides is 1. The molecule has 98 valence electrons. The van der Waals surface area contributed by atoms with Crippen molar-refractivity contribution in [3.8, 4) is 0 Å². The summed E-state index contributed by atoms with van der Waals surface area (Å²) < 4.78 is 0. The summed E-state index contributed by atoms with van der Waals surface area (Å²) in [5.74, 6) is 0.499. The average molecular weight is 247 g/mol. The topological polar surface area (TPSA) is 58.4 Å². The van der Waals surface area contributed by atoms with E-state index in [-0.39, 0.29) is 11.9 Å². The van der Waals surface area contributed by atoms with Gasteiger partial charge in [0, 0.05) is 24.8 Å². The standard InChI is InChI=1S/C14H21N3O/c1-10-4-3-5-12(6-10)16-14(18)9-17-7-11(2)13(15)8-17/h3-6,11,13H,7-9,15H2,1-2H3,(H,16,18). The largest absolute Gasteiger partial charge is 0.326 e. The van der Waals surface area contributed by atoms with Gasteiger partial charge in [-0.1, -0.05) is 19.1 Å². The van der Waals surface area contributed by atoms with E-state index in [4.69, 9.17) is 5.73 Å². The van der Waals surface area contributed by atoms with E-state index in [1.54, 1.807) is 0 Å². The van der Waals surface area contributed by atoms with E-state index in [1.165, 1.54) is 0 Å². The Bertz CT molecular complexity index is 423. The predicted octanol–water partition coefficient (Wildman–Crippen LogP) is 1.21. The van der Waals surface area contributed by atoms with Crippen LogP contribution in [0.25, 0.3) is 0 Å². The molecule has 1 aliphatic rings. The summed E-state index contributed by atoms with van der Waals surface area (Å²) in [6.45, 7) is 6.27. The van der Waals surface area contributed by atoms with Crippen molar-refractivity contribution < 1.29 is 4.79 Å². The highest BCUT2D eigenvalue weighted by Gasteiger charge is 2.27. The minimum atomic E-state index is 0.0295. The van der Waals surface area contributed by atoms with Gasteiger partial charge in [-0.15, -0.1) is 0 Å². The Morgan fingerprint density at radius 1 is 1.50 bits per heavy atom. The SMILES string of the molecule is Cc1cccc(NC(=O)CN2CC(C)C(N)C2)c1. The third-order valence-electron chi connectivity index (χ3n) is 3.42. The van der Waals surface area contributed by atoms with Gasteiger partial charge >= 0.3 is 0 Å². The zero-order valence-electron chi connectivity index (χ0n) is 11.0. The quantitative estimate of drug-likeness (QED) is 0.844. The smallest absolute Gasteiger partial charge is 0.238 e. The van der Waals surface area contributed by atoms with Crippen LogP contribution in [0.15, 0.2) is 24.3 Å². The molecule has 0 saturated carbocycles. The highest BCUT2D eigenvalue weighted by atomic mass is 16.2. The lowest BCUT2D eigenvalue weighted by molar-refractivity contribution is -0.117. The Morgan fingerprint density at radius 2 is 2.28 bits per heavy atom. The summed E-state index contributed by atoms with van der Waals surface area (Å²) in [7, 11) is 0. The number of likely N-dealkylation sites (tertiary alicyclic amines) is 1. The molecule has 1 aromatic carbocycles. The van der Waals surface area contributed by atoms with E-state index in [0.29, 0.717) is 12.5 Å². The van der Waals surface area contributed by atoms with Crippen molar-refractivity contribution >= 4 is 11.6 Å². The Hall–Kier alpha value is -1.39. The van der Waals surface area contributed by atoms with E-state index in [1.807, 2.05) is 31.2 Å². The van der Waals surface area contributed by atoms with Gasteiger partial charge in [0.15, 0.2) is 0 Å². The lowest BCUT2D eigenvalue weighted by atomic mass is 10.1. The Labute approximate surface area is 108 Å². The first-order chi connectivity index (χ1) is 8.54. The van der Waals surface area contributed by atoms with Gasteiger partial charge in [0.2, 0.25) is 5.91 Å². The van der Waals surface area contributed by atoms with Crippen molar-refractivity contribution in [3.63, 3.8) is 0 Å². The van der Waals surface area contributed by atoms with Crippen molar-refractivity contribution in [1.29, 1.82) is 0 Å². The Balaban J connectivity index is 1.86. The molecule has 0 bridgehead atoms. The molecule has 2 atom stereocenters. The molecule has 18 heavy (non-hydrogen) atoms. The lowest BCUT2D eigenvalue weighted by Gasteiger charge is -2.14. The third kappa shape index (κ3) is 3.31. The van der Waals surface area contributed by atoms with E-state index >= 15 is 0 Å². The summed E-state index contributed by atoms with van der Waals surface area (Å²) in [5, 5.41) is 2.92. The average Bonchev–Trinajstić information content (AvgIpc) is 2.57. The van der Waals surface area contributed by atoms with E-state index in [9.17, 15) is 4.79 Å². The van der Waals surface area contributed by atoms with Gasteiger partial charge in [-0.25, -0.2) is 0 Å². The highest BCUT2D eigenvalue weighted by molar-refractivity contribution is 5.92. The molecule has 1 heterocycles. The number of nitrogens with one attached hydrogen (secondary N) is 1. The molecule has 0 radical (unpaired) electrons. The molecule has 2 unspecified atom stereocenters. The summed E-state index contributed by atoms with van der Waals surface area (Å²) >= 11 is 0. The molecule has 0 spiro atoms. The molecule has 0 aliphatic carbocycles. The summed E-state index contributed by atoms with van der Waals surface area (Å²) in [6.07, 6.45) is 0. The molecule has 1 aromatic rings. The second kappa shape index (κ2) is 5.50. The molecule has 3 N–H and O–H groups in total. The number of carbonyl (C=O) groups excluding carboxylic acids is 1. The van der Waals surface area contributed by atoms with E-state index in [2.05, 4.69) is 17.1 Å². The van der Waals surface area contributed by atoms with Gasteiger partial charge in [0.25, 0.3) is 0 Å². The van der Waals surface area contributed by atoms with Crippen LogP contribution in [0.2, 0.25) is 0 Å². The maximum atomic E-state index is 11.9. The van der Waals surface area contributed by atoms with Gasteiger partial charge in [-0.2, -0.15) is 0 Å². The van der Waals surface area contributed by atoms with Crippen molar-refractivity contribution in [2.45, 2.75) is 19.9 Å². The number of rotatable bonds is 3. The molecule has 2 rings (SSSR count). The molecule has 1 amide bonds. The van der Waals surface area contributed by atoms with E-state index in [0.717, 1.165) is 24.3 Å². The van der Waals surface area contributed by atoms with Crippen LogP contribution in [-0.4, -0.2) is 36.5 Å². The number of hydrogen-bond donors (Lipinski definition) is 2. The van der Waals surface area contributed by atoms with Crippen LogP contribution < -0.4 is 11.1 Å². The van der Waals surface area contributed by atoms with Crippen molar-refractivity contribution in [3.05, 3.63) is 29.8 Å². The number of nitrogens with two attached hydrogens (primary N) is 1. The first-order valence-corrected chi connectivity index (χ1v) is 6.39. The van der Waals surface area contributed by atoms with Crippen LogP contribution >= 0.6 is 0 Å². The number of hydrogen-bond acceptors (Lipinski definition) is 3. The maximum absolute atomic E-state index is 11.9. The van der Waals surface area contributed by atoms with Gasteiger partial charge in [-0.3, -0.25) is 9.69 Å². The van der Waals surface area contributed by atoms with Crippen LogP contribution in [0.1, 0.15) is 12.5 Å². The monoisotopic (exact) mass is 247 g/mol. The van der Waals surface area contributed by atoms with Gasteiger partial charge in [0.1, 0.15) is 0 Å². The lowest BCUT2D eigenvalue weighted by Crippen LogP contribution is -2.33. The van der Waals surface area contributed by atoms with Crippen LogP contribution in [0, 0.1) is 12.8 Å². The first kappa shape index (κ1) is 13.1. The van der Waals surface area contributed by atoms with Crippen LogP contribution in [0.3, 0.4) is 0 Å². The Kier molecular flexibility index (Phi) is 3.99. The maximum Gasteiger partial charge on any atom is 0.238 e. The van der Waals surface area contributed by atoms with Crippen LogP contribution in [0.4, 0.5) is 5.69 Å². The number of anilines is 1. The van der Waals surface area contributed by atoms with Gasteiger partial charge in [-0.05, 0) is 30.5 Å². The molecule has 4 nitrogen and oxygen atoms in total. The molecule has 1 aliphatic heterocycles. The number of carbonyl (C=O) groups is 1. The molecule has 1 fully saturated rings. The summed E-state index contributed by atoms with van der Waals surface area (Å²) in [4.78, 5) is 14.0. The third-order valence-corrected chi connectivity index (χ3v) is 3.42. The Morgan fingerprint density at radius 3 is 2.89 bits per heavy atom. The molecular weight excluding hydrogens is 226 g/mol. The minimum absolute atomic E-state index is 0.0295. The zero-order valence-corrected chi connectivity index (χ0v) is 11.0. The number of benzene rings is 1. The fourth-order valence-corrected chi connectivity index (χ4v) is 2.35. The summed E-state index contributed by atoms with van der Waals surface area (Å²) in [5.41, 5.74) is 7.94. The van der Waals surface area contributed by atoms with Crippen LogP contribution in [-0.2, 0) is 4.79 Å². The normalized spacial score (nSPS) is 24.2. The number of aryl methyl sites for hydroxylation is 1. The fraction of sp³-hybridized carbons (Fsp3) is 0.500. The first-order valence-electron chi connectivity index (χ1n) is 6.39. The predicted molar refractivity (Wildman–Crippen MR) is 73.4 cm³/mol. The van der Waals surface area contributed by atoms with Crippen molar-refractivity contribution in [2.75, 3.05) is 25.0 Å². The molecule has 1 saturated heterocycles. The highest BCUT2D eigenvalue weighted by Crippen LogP contribution is 2.14. The van der Waals surface area contributed by atoms with Crippen molar-refractivity contribution in [2.24, 2.45) is 11.7 Å². The van der Waals surface area contributed by atoms with E-state index < -0.39 is 0 Å². The zero-order chi connectivity index (χ0) is 13.1. The molecule has 0 aromatic heterocycles. The summed E-state index contributed by atoms with van der Waals surface area (Å²) in [6, 6.07) is 8.02. The number of nitrogens with zero attached hydrogens (tertiary/aromatic N) is 1. The second-order valence-electron chi connectivity index (χ2n) is 5.25. The molecule has 4 heteroatoms. The second-order valence-corrected chi connectivity index (χ2v) is 5.25. The minimum Gasteiger partial charge on any atom is -0.326 e. The van der Waals surface area contributed by atoms with Crippen molar-refractivity contribution in [1.82, 2.24) is 4.90 Å².